The molecule has 3 rings (SSSR count). The molecule has 68 heavy (non-hydrogen) atoms. The third-order valence-corrected chi connectivity index (χ3v) is 9.39. The first-order chi connectivity index (χ1) is 32.7. The number of alkyl carbamates (subject to hydrolysis) is 1. The average Bonchev–Trinajstić information content (AvgIpc) is 3.30. The minimum absolute atomic E-state index is 0.0949. The van der Waals surface area contributed by atoms with E-state index in [1.807, 2.05) is 36.4 Å². The Morgan fingerprint density at radius 2 is 1.28 bits per heavy atom. The van der Waals surface area contributed by atoms with Crippen molar-refractivity contribution in [1.29, 1.82) is 0 Å². The van der Waals surface area contributed by atoms with Crippen LogP contribution in [0.15, 0.2) is 83.9 Å². The summed E-state index contributed by atoms with van der Waals surface area (Å²) in [4.78, 5) is 67.0. The number of hydrogen-bond donors (Lipinski definition) is 8. The third kappa shape index (κ3) is 24.9. The number of hydrogen-bond acceptors (Lipinski definition) is 12. The number of rotatable bonds is 31. The lowest BCUT2D eigenvalue weighted by Crippen LogP contribution is -2.48. The van der Waals surface area contributed by atoms with E-state index in [4.69, 9.17) is 34.2 Å². The highest BCUT2D eigenvalue weighted by atomic mass is 16.6. The number of urea groups is 1. The lowest BCUT2D eigenvalue weighted by atomic mass is 9.90. The first-order valence-corrected chi connectivity index (χ1v) is 22.8. The summed E-state index contributed by atoms with van der Waals surface area (Å²) in [5.74, 6) is -1.28. The number of phenolic OH excluding ortho intramolecular Hbond substituents is 1. The molecular weight excluding hydrogens is 881 g/mol. The van der Waals surface area contributed by atoms with Gasteiger partial charge in [0.2, 0.25) is 17.7 Å². The predicted octanol–water partition coefficient (Wildman–Crippen LogP) is 3.22. The van der Waals surface area contributed by atoms with E-state index < -0.39 is 41.5 Å². The zero-order valence-electron chi connectivity index (χ0n) is 39.6. The molecule has 0 bridgehead atoms. The number of carbonyl (C=O) groups excluding carboxylic acids is 5. The summed E-state index contributed by atoms with van der Waals surface area (Å²) >= 11 is 0. The van der Waals surface area contributed by atoms with Gasteiger partial charge in [-0.15, -0.1) is 0 Å². The Balaban J connectivity index is 1.48. The fourth-order valence-corrected chi connectivity index (χ4v) is 6.10. The Labute approximate surface area is 398 Å². The van der Waals surface area contributed by atoms with Gasteiger partial charge in [-0.2, -0.15) is 4.99 Å². The Bertz CT molecular complexity index is 1980. The van der Waals surface area contributed by atoms with E-state index in [0.717, 1.165) is 5.56 Å². The summed E-state index contributed by atoms with van der Waals surface area (Å²) in [6.45, 7) is 11.5. The molecule has 2 atom stereocenters. The van der Waals surface area contributed by atoms with Gasteiger partial charge in [-0.3, -0.25) is 14.4 Å². The summed E-state index contributed by atoms with van der Waals surface area (Å²) in [6.07, 6.45) is 0.411. The monoisotopic (exact) mass is 951 g/mol. The summed E-state index contributed by atoms with van der Waals surface area (Å²) in [6, 6.07) is 21.2. The normalized spacial score (nSPS) is 12.3. The van der Waals surface area contributed by atoms with Crippen LogP contribution in [0.4, 0.5) is 9.59 Å². The van der Waals surface area contributed by atoms with Crippen molar-refractivity contribution >= 4 is 35.8 Å². The highest BCUT2D eigenvalue weighted by Gasteiger charge is 2.28. The van der Waals surface area contributed by atoms with Crippen molar-refractivity contribution in [1.82, 2.24) is 31.9 Å². The molecule has 9 N–H and O–H groups in total. The van der Waals surface area contributed by atoms with Crippen molar-refractivity contribution in [2.45, 2.75) is 71.1 Å². The fourth-order valence-electron chi connectivity index (χ4n) is 6.10. The van der Waals surface area contributed by atoms with Gasteiger partial charge in [-0.05, 0) is 74.6 Å². The SMILES string of the molecule is CCC(=O)NCCNC(=O)/N=C(/N)NCCC[C@@H](NC(=O)C(c1ccccc1)c1cccc(OCCOCCOCCOCCOCCNC(=O)OC(C)(C)C)c1)C(=O)NCc1ccc(O)cc1. The van der Waals surface area contributed by atoms with Gasteiger partial charge in [0, 0.05) is 39.1 Å². The molecule has 20 heteroatoms. The van der Waals surface area contributed by atoms with Crippen molar-refractivity contribution in [3.05, 3.63) is 95.6 Å². The van der Waals surface area contributed by atoms with Crippen molar-refractivity contribution in [2.24, 2.45) is 10.7 Å². The second-order valence-electron chi connectivity index (χ2n) is 16.1. The second kappa shape index (κ2) is 32.3. The number of nitrogens with one attached hydrogen (secondary N) is 6. The zero-order chi connectivity index (χ0) is 49.4. The molecule has 3 aromatic rings. The molecule has 0 aliphatic rings. The molecule has 1 unspecified atom stereocenters. The van der Waals surface area contributed by atoms with Gasteiger partial charge < -0.3 is 71.2 Å². The minimum atomic E-state index is -0.965. The van der Waals surface area contributed by atoms with E-state index in [1.165, 1.54) is 12.1 Å². The number of phenols is 1. The maximum Gasteiger partial charge on any atom is 0.407 e. The molecule has 3 aromatic carbocycles. The number of ether oxygens (including phenoxy) is 6. The molecule has 0 aliphatic carbocycles. The van der Waals surface area contributed by atoms with Gasteiger partial charge in [0.15, 0.2) is 5.96 Å². The molecule has 374 valence electrons. The molecule has 0 spiro atoms. The average molecular weight is 951 g/mol. The third-order valence-electron chi connectivity index (χ3n) is 9.39. The minimum Gasteiger partial charge on any atom is -0.508 e. The van der Waals surface area contributed by atoms with Crippen LogP contribution in [0, 0.1) is 0 Å². The Morgan fingerprint density at radius 3 is 1.93 bits per heavy atom. The number of guanidine groups is 1. The fraction of sp³-hybridized carbons (Fsp3) is 0.500. The highest BCUT2D eigenvalue weighted by molar-refractivity contribution is 5.93. The molecule has 0 aliphatic heterocycles. The molecule has 0 aromatic heterocycles. The van der Waals surface area contributed by atoms with E-state index in [2.05, 4.69) is 36.9 Å². The van der Waals surface area contributed by atoms with Crippen molar-refractivity contribution in [2.75, 3.05) is 85.6 Å². The van der Waals surface area contributed by atoms with Gasteiger partial charge in [0.05, 0.1) is 58.8 Å². The van der Waals surface area contributed by atoms with E-state index in [9.17, 15) is 29.1 Å². The first kappa shape index (κ1) is 55.8. The number of carbonyl (C=O) groups is 5. The number of nitrogens with zero attached hydrogens (tertiary/aromatic N) is 1. The van der Waals surface area contributed by atoms with Gasteiger partial charge >= 0.3 is 12.1 Å². The molecule has 0 heterocycles. The lowest BCUT2D eigenvalue weighted by molar-refractivity contribution is -0.129. The molecule has 0 saturated carbocycles. The van der Waals surface area contributed by atoms with Crippen LogP contribution in [0.2, 0.25) is 0 Å². The quantitative estimate of drug-likeness (QED) is 0.0262. The topological polar surface area (TPSA) is 272 Å². The van der Waals surface area contributed by atoms with Crippen molar-refractivity contribution in [3.63, 3.8) is 0 Å². The van der Waals surface area contributed by atoms with Gasteiger partial charge in [-0.25, -0.2) is 9.59 Å². The number of benzene rings is 3. The largest absolute Gasteiger partial charge is 0.508 e. The maximum atomic E-state index is 14.3. The van der Waals surface area contributed by atoms with Crippen LogP contribution >= 0.6 is 0 Å². The number of aliphatic imine (C=N–C) groups is 1. The maximum absolute atomic E-state index is 14.3. The zero-order valence-corrected chi connectivity index (χ0v) is 39.6. The molecule has 20 nitrogen and oxygen atoms in total. The lowest BCUT2D eigenvalue weighted by Gasteiger charge is -2.24. The van der Waals surface area contributed by atoms with Crippen molar-refractivity contribution < 1.29 is 57.5 Å². The van der Waals surface area contributed by atoms with E-state index in [0.29, 0.717) is 89.1 Å². The molecule has 0 fully saturated rings. The summed E-state index contributed by atoms with van der Waals surface area (Å²) < 4.78 is 33.3. The standard InChI is InChI=1S/C48H70N8O12/c1-5-41(58)50-21-22-52-46(61)56-45(49)51-20-10-15-40(43(59)54-34-35-16-18-38(57)19-17-35)55-44(60)42(36-11-7-6-8-12-36)37-13-9-14-39(33-37)67-32-31-66-30-29-65-28-27-64-26-25-63-24-23-53-47(62)68-48(2,3)4/h6-9,11-14,16-19,33,40,42,57H,5,10,15,20-32,34H2,1-4H3,(H,50,58)(H,53,62)(H,54,59)(H,55,60)(H4,49,51,52,56,61)/t40-,42?/m1/s1. The van der Waals surface area contributed by atoms with Crippen LogP contribution in [-0.4, -0.2) is 138 Å². The summed E-state index contributed by atoms with van der Waals surface area (Å²) in [5.41, 5.74) is 7.46. The van der Waals surface area contributed by atoms with Gasteiger partial charge in [0.25, 0.3) is 0 Å². The molecule has 6 amide bonds. The molecule has 0 radical (unpaired) electrons. The highest BCUT2D eigenvalue weighted by Crippen LogP contribution is 2.28. The smallest absolute Gasteiger partial charge is 0.407 e. The van der Waals surface area contributed by atoms with Crippen LogP contribution in [0.1, 0.15) is 69.6 Å². The van der Waals surface area contributed by atoms with E-state index in [1.54, 1.807) is 58.0 Å². The van der Waals surface area contributed by atoms with Crippen LogP contribution in [0.3, 0.4) is 0 Å². The van der Waals surface area contributed by atoms with Crippen molar-refractivity contribution in [3.8, 4) is 11.5 Å². The van der Waals surface area contributed by atoms with Gasteiger partial charge in [-0.1, -0.05) is 61.5 Å². The number of amides is 6. The first-order valence-electron chi connectivity index (χ1n) is 22.8. The van der Waals surface area contributed by atoms with Crippen LogP contribution in [0.25, 0.3) is 0 Å². The second-order valence-corrected chi connectivity index (χ2v) is 16.1. The molecule has 0 saturated heterocycles. The Kier molecular flexibility index (Phi) is 26.5. The molecular formula is C48H70N8O12. The predicted molar refractivity (Wildman–Crippen MR) is 255 cm³/mol. The summed E-state index contributed by atoms with van der Waals surface area (Å²) in [7, 11) is 0. The summed E-state index contributed by atoms with van der Waals surface area (Å²) in [5, 5.41) is 26.2. The van der Waals surface area contributed by atoms with Crippen LogP contribution < -0.4 is 42.4 Å². The van der Waals surface area contributed by atoms with Crippen LogP contribution in [0.5, 0.6) is 11.5 Å². The Hall–Kier alpha value is -6.48. The Morgan fingerprint density at radius 1 is 0.662 bits per heavy atom. The van der Waals surface area contributed by atoms with E-state index in [-0.39, 0.29) is 56.8 Å². The number of aromatic hydroxyl groups is 1. The van der Waals surface area contributed by atoms with Gasteiger partial charge in [0.1, 0.15) is 29.7 Å². The number of nitrogens with two attached hydrogens (primary N) is 1. The van der Waals surface area contributed by atoms with E-state index >= 15 is 0 Å². The van der Waals surface area contributed by atoms with Crippen LogP contribution in [-0.2, 0) is 44.6 Å².